The van der Waals surface area contributed by atoms with Gasteiger partial charge in [-0.15, -0.1) is 11.3 Å². The minimum absolute atomic E-state index is 0.728. The van der Waals surface area contributed by atoms with Crippen molar-refractivity contribution in [1.29, 1.82) is 0 Å². The van der Waals surface area contributed by atoms with Crippen LogP contribution in [0.15, 0.2) is 42.5 Å². The molecule has 0 saturated heterocycles. The van der Waals surface area contributed by atoms with Crippen LogP contribution in [0, 0.1) is 2.88 Å². The molecule has 0 aliphatic heterocycles. The summed E-state index contributed by atoms with van der Waals surface area (Å²) in [5.41, 5.74) is 0.728. The molecule has 0 aliphatic carbocycles. The molecule has 1 aromatic heterocycles. The Morgan fingerprint density at radius 1 is 1.07 bits per heavy atom. The number of halogens is 2. The Morgan fingerprint density at radius 2 is 1.79 bits per heavy atom. The minimum Gasteiger partial charge on any atom is -0.236 e. The zero-order valence-corrected chi connectivity index (χ0v) is 10.3. The fourth-order valence-electron chi connectivity index (χ4n) is 1.25. The zero-order valence-electron chi connectivity index (χ0n) is 7.28. The molecule has 0 amide bonds. The van der Waals surface area contributed by atoms with Gasteiger partial charge in [0.25, 0.3) is 0 Å². The fraction of sp³-hybridized carbons (Fsp3) is 0.0909. The molecule has 0 radical (unpaired) electrons. The van der Waals surface area contributed by atoms with Gasteiger partial charge in [-0.1, -0.05) is 30.3 Å². The average Bonchev–Trinajstić information content (AvgIpc) is 2.65. The van der Waals surface area contributed by atoms with E-state index < -0.39 is 6.17 Å². The fourth-order valence-corrected chi connectivity index (χ4v) is 2.93. The van der Waals surface area contributed by atoms with E-state index in [1.54, 1.807) is 0 Å². The third-order valence-corrected chi connectivity index (χ3v) is 3.87. The van der Waals surface area contributed by atoms with Crippen LogP contribution in [0.1, 0.15) is 16.6 Å². The third kappa shape index (κ3) is 2.15. The van der Waals surface area contributed by atoms with Gasteiger partial charge in [-0.05, 0) is 40.3 Å². The number of hydrogen-bond donors (Lipinski definition) is 0. The number of hydrogen-bond acceptors (Lipinski definition) is 1. The second-order valence-corrected chi connectivity index (χ2v) is 5.92. The molecule has 1 aromatic carbocycles. The maximum Gasteiger partial charge on any atom is 0.159 e. The highest BCUT2D eigenvalue weighted by Gasteiger charge is 2.13. The van der Waals surface area contributed by atoms with E-state index in [4.69, 9.17) is 0 Å². The van der Waals surface area contributed by atoms with Gasteiger partial charge in [0.15, 0.2) is 6.17 Å². The summed E-state index contributed by atoms with van der Waals surface area (Å²) in [5, 5.41) is 0. The van der Waals surface area contributed by atoms with E-state index >= 15 is 0 Å². The Morgan fingerprint density at radius 3 is 2.36 bits per heavy atom. The van der Waals surface area contributed by atoms with Gasteiger partial charge < -0.3 is 0 Å². The summed E-state index contributed by atoms with van der Waals surface area (Å²) >= 11 is 3.71. The predicted octanol–water partition coefficient (Wildman–Crippen LogP) is 4.41. The van der Waals surface area contributed by atoms with Crippen LogP contribution in [0.3, 0.4) is 0 Å². The molecule has 0 fully saturated rings. The molecule has 0 aliphatic rings. The largest absolute Gasteiger partial charge is 0.236 e. The molecule has 0 spiro atoms. The number of thiophene rings is 1. The van der Waals surface area contributed by atoms with Gasteiger partial charge in [-0.3, -0.25) is 0 Å². The molecular formula is C11H8FIS. The van der Waals surface area contributed by atoms with Crippen LogP contribution in [-0.2, 0) is 0 Å². The second-order valence-electron chi connectivity index (χ2n) is 2.92. The van der Waals surface area contributed by atoms with Crippen LogP contribution in [-0.4, -0.2) is 0 Å². The van der Waals surface area contributed by atoms with Crippen LogP contribution < -0.4 is 0 Å². The molecule has 0 N–H and O–H groups in total. The summed E-state index contributed by atoms with van der Waals surface area (Å²) in [6.07, 6.45) is -0.982. The first kappa shape index (κ1) is 10.1. The SMILES string of the molecule is FC(c1ccccc1)c1ccc(I)s1. The van der Waals surface area contributed by atoms with Gasteiger partial charge in [-0.2, -0.15) is 0 Å². The van der Waals surface area contributed by atoms with Crippen LogP contribution in [0.2, 0.25) is 0 Å². The molecule has 72 valence electrons. The van der Waals surface area contributed by atoms with Gasteiger partial charge in [0.2, 0.25) is 0 Å². The summed E-state index contributed by atoms with van der Waals surface area (Å²) in [4.78, 5) is 0.778. The monoisotopic (exact) mass is 318 g/mol. The highest BCUT2D eigenvalue weighted by atomic mass is 127. The van der Waals surface area contributed by atoms with E-state index in [9.17, 15) is 4.39 Å². The van der Waals surface area contributed by atoms with Crippen molar-refractivity contribution >= 4 is 33.9 Å². The number of rotatable bonds is 2. The Hall–Kier alpha value is -0.420. The van der Waals surface area contributed by atoms with Crippen molar-refractivity contribution in [2.75, 3.05) is 0 Å². The van der Waals surface area contributed by atoms with E-state index in [1.807, 2.05) is 42.5 Å². The van der Waals surface area contributed by atoms with Gasteiger partial charge in [0.05, 0.1) is 2.88 Å². The smallest absolute Gasteiger partial charge is 0.159 e. The van der Waals surface area contributed by atoms with Gasteiger partial charge in [0.1, 0.15) is 0 Å². The molecular weight excluding hydrogens is 310 g/mol. The van der Waals surface area contributed by atoms with Crippen molar-refractivity contribution < 1.29 is 4.39 Å². The normalized spacial score (nSPS) is 12.7. The van der Waals surface area contributed by atoms with E-state index in [-0.39, 0.29) is 0 Å². The summed E-state index contributed by atoms with van der Waals surface area (Å²) in [5.74, 6) is 0. The Balaban J connectivity index is 2.29. The summed E-state index contributed by atoms with van der Waals surface area (Å²) in [6, 6.07) is 13.0. The zero-order chi connectivity index (χ0) is 9.97. The van der Waals surface area contributed by atoms with E-state index in [1.165, 1.54) is 11.3 Å². The Kier molecular flexibility index (Phi) is 3.18. The number of benzene rings is 1. The molecule has 0 saturated carbocycles. The van der Waals surface area contributed by atoms with E-state index in [2.05, 4.69) is 22.6 Å². The Bertz CT molecular complexity index is 410. The lowest BCUT2D eigenvalue weighted by molar-refractivity contribution is 0.408. The second kappa shape index (κ2) is 4.40. The van der Waals surface area contributed by atoms with Crippen LogP contribution in [0.4, 0.5) is 4.39 Å². The molecule has 1 atom stereocenters. The third-order valence-electron chi connectivity index (χ3n) is 1.94. The predicted molar refractivity (Wildman–Crippen MR) is 66.4 cm³/mol. The van der Waals surface area contributed by atoms with Gasteiger partial charge in [0, 0.05) is 4.88 Å². The standard InChI is InChI=1S/C11H8FIS/c12-11(8-4-2-1-3-5-8)9-6-7-10(13)14-9/h1-7,11H. The van der Waals surface area contributed by atoms with E-state index in [0.717, 1.165) is 13.3 Å². The maximum atomic E-state index is 13.9. The summed E-state index contributed by atoms with van der Waals surface area (Å²) in [6.45, 7) is 0. The molecule has 3 heteroatoms. The quantitative estimate of drug-likeness (QED) is 0.720. The molecule has 14 heavy (non-hydrogen) atoms. The summed E-state index contributed by atoms with van der Waals surface area (Å²) < 4.78 is 15.0. The van der Waals surface area contributed by atoms with Crippen molar-refractivity contribution in [2.45, 2.75) is 6.17 Å². The van der Waals surface area contributed by atoms with E-state index in [0.29, 0.717) is 0 Å². The molecule has 2 rings (SSSR count). The van der Waals surface area contributed by atoms with Crippen molar-refractivity contribution in [3.63, 3.8) is 0 Å². The molecule has 0 nitrogen and oxygen atoms in total. The van der Waals surface area contributed by atoms with Crippen molar-refractivity contribution in [2.24, 2.45) is 0 Å². The van der Waals surface area contributed by atoms with Crippen LogP contribution in [0.5, 0.6) is 0 Å². The maximum absolute atomic E-state index is 13.9. The van der Waals surface area contributed by atoms with Crippen molar-refractivity contribution in [3.05, 3.63) is 55.8 Å². The highest BCUT2D eigenvalue weighted by molar-refractivity contribution is 14.1. The lowest BCUT2D eigenvalue weighted by Crippen LogP contribution is -1.89. The van der Waals surface area contributed by atoms with Gasteiger partial charge in [-0.25, -0.2) is 4.39 Å². The molecule has 1 unspecified atom stereocenters. The lowest BCUT2D eigenvalue weighted by Gasteiger charge is -2.04. The topological polar surface area (TPSA) is 0 Å². The van der Waals surface area contributed by atoms with Gasteiger partial charge >= 0.3 is 0 Å². The number of alkyl halides is 1. The van der Waals surface area contributed by atoms with Crippen molar-refractivity contribution in [1.82, 2.24) is 0 Å². The van der Waals surface area contributed by atoms with Crippen LogP contribution in [0.25, 0.3) is 0 Å². The van der Waals surface area contributed by atoms with Crippen LogP contribution >= 0.6 is 33.9 Å². The van der Waals surface area contributed by atoms with Crippen molar-refractivity contribution in [3.8, 4) is 0 Å². The summed E-state index contributed by atoms with van der Waals surface area (Å²) in [7, 11) is 0. The Labute approximate surface area is 99.9 Å². The minimum atomic E-state index is -0.982. The molecule has 2 aromatic rings. The highest BCUT2D eigenvalue weighted by Crippen LogP contribution is 2.31. The first-order valence-corrected chi connectivity index (χ1v) is 6.11. The molecule has 1 heterocycles. The first-order valence-electron chi connectivity index (χ1n) is 4.21. The first-order chi connectivity index (χ1) is 6.77. The lowest BCUT2D eigenvalue weighted by atomic mass is 10.1. The average molecular weight is 318 g/mol. The molecule has 0 bridgehead atoms.